The Bertz CT molecular complexity index is 1290. The molecule has 4 nitrogen and oxygen atoms in total. The third kappa shape index (κ3) is 4.68. The monoisotopic (exact) mass is 495 g/mol. The smallest absolute Gasteiger partial charge is 0.248 e. The SMILES string of the molecule is COc1cc2occ(-c3ccc(Cl)cc3)c2cc1/C(C)=C/C(=O)Nc1cccc(Br)c1. The van der Waals surface area contributed by atoms with Gasteiger partial charge in [-0.25, -0.2) is 0 Å². The molecule has 3 aromatic carbocycles. The Kier molecular flexibility index (Phi) is 6.16. The fraction of sp³-hybridized carbons (Fsp3) is 0.0800. The van der Waals surface area contributed by atoms with Gasteiger partial charge in [0, 0.05) is 43.8 Å². The number of anilines is 1. The molecule has 0 aliphatic heterocycles. The number of allylic oxidation sites excluding steroid dienone is 1. The van der Waals surface area contributed by atoms with E-state index in [1.165, 1.54) is 0 Å². The van der Waals surface area contributed by atoms with Crippen molar-refractivity contribution in [1.82, 2.24) is 0 Å². The number of fused-ring (bicyclic) bond motifs is 1. The Morgan fingerprint density at radius 2 is 1.90 bits per heavy atom. The average Bonchev–Trinajstić information content (AvgIpc) is 3.16. The molecule has 0 fully saturated rings. The lowest BCUT2D eigenvalue weighted by molar-refractivity contribution is -0.111. The van der Waals surface area contributed by atoms with E-state index >= 15 is 0 Å². The van der Waals surface area contributed by atoms with E-state index in [9.17, 15) is 4.79 Å². The summed E-state index contributed by atoms with van der Waals surface area (Å²) in [6.07, 6.45) is 3.28. The lowest BCUT2D eigenvalue weighted by atomic mass is 9.99. The van der Waals surface area contributed by atoms with E-state index < -0.39 is 0 Å². The van der Waals surface area contributed by atoms with Gasteiger partial charge in [0.2, 0.25) is 5.91 Å². The molecule has 1 heterocycles. The van der Waals surface area contributed by atoms with Crippen molar-refractivity contribution in [1.29, 1.82) is 0 Å². The van der Waals surface area contributed by atoms with Crippen molar-refractivity contribution in [3.05, 3.63) is 88.1 Å². The van der Waals surface area contributed by atoms with E-state index in [1.54, 1.807) is 19.4 Å². The second-order valence-electron chi connectivity index (χ2n) is 7.03. The second kappa shape index (κ2) is 9.00. The van der Waals surface area contributed by atoms with Crippen LogP contribution in [0.3, 0.4) is 0 Å². The van der Waals surface area contributed by atoms with Crippen molar-refractivity contribution in [2.75, 3.05) is 12.4 Å². The Balaban J connectivity index is 1.71. The summed E-state index contributed by atoms with van der Waals surface area (Å²) in [6, 6.07) is 18.9. The molecule has 0 atom stereocenters. The molecular formula is C25H19BrClNO3. The van der Waals surface area contributed by atoms with E-state index in [-0.39, 0.29) is 5.91 Å². The van der Waals surface area contributed by atoms with Crippen LogP contribution < -0.4 is 10.1 Å². The molecule has 0 saturated carbocycles. The number of nitrogens with one attached hydrogen (secondary N) is 1. The van der Waals surface area contributed by atoms with Crippen LogP contribution >= 0.6 is 27.5 Å². The molecule has 4 rings (SSSR count). The predicted molar refractivity (Wildman–Crippen MR) is 130 cm³/mol. The van der Waals surface area contributed by atoms with Crippen molar-refractivity contribution in [3.63, 3.8) is 0 Å². The zero-order valence-electron chi connectivity index (χ0n) is 16.9. The molecule has 6 heteroatoms. The molecule has 1 amide bonds. The lowest BCUT2D eigenvalue weighted by Crippen LogP contribution is -2.08. The first-order valence-electron chi connectivity index (χ1n) is 9.55. The van der Waals surface area contributed by atoms with Gasteiger partial charge in [-0.2, -0.15) is 0 Å². The number of carbonyl (C=O) groups excluding carboxylic acids is 1. The fourth-order valence-electron chi connectivity index (χ4n) is 3.40. The van der Waals surface area contributed by atoms with E-state index in [0.717, 1.165) is 32.1 Å². The van der Waals surface area contributed by atoms with Gasteiger partial charge in [-0.3, -0.25) is 4.79 Å². The Labute approximate surface area is 193 Å². The number of hydrogen-bond acceptors (Lipinski definition) is 3. The minimum atomic E-state index is -0.220. The highest BCUT2D eigenvalue weighted by Crippen LogP contribution is 2.37. The molecule has 0 aliphatic rings. The maximum atomic E-state index is 12.6. The van der Waals surface area contributed by atoms with Gasteiger partial charge in [-0.05, 0) is 54.5 Å². The van der Waals surface area contributed by atoms with Crippen LogP contribution in [0, 0.1) is 0 Å². The largest absolute Gasteiger partial charge is 0.496 e. The molecule has 1 aromatic heterocycles. The van der Waals surface area contributed by atoms with Gasteiger partial charge in [-0.1, -0.05) is 45.7 Å². The van der Waals surface area contributed by atoms with Gasteiger partial charge in [0.25, 0.3) is 0 Å². The van der Waals surface area contributed by atoms with Gasteiger partial charge in [0.05, 0.1) is 13.4 Å². The minimum Gasteiger partial charge on any atom is -0.496 e. The first-order chi connectivity index (χ1) is 14.9. The Morgan fingerprint density at radius 1 is 1.13 bits per heavy atom. The van der Waals surface area contributed by atoms with Crippen LogP contribution in [0.15, 0.2) is 81.9 Å². The third-order valence-electron chi connectivity index (χ3n) is 4.92. The van der Waals surface area contributed by atoms with Crippen LogP contribution in [-0.4, -0.2) is 13.0 Å². The highest BCUT2D eigenvalue weighted by Gasteiger charge is 2.15. The van der Waals surface area contributed by atoms with Crippen LogP contribution in [0.2, 0.25) is 5.02 Å². The number of rotatable bonds is 5. The summed E-state index contributed by atoms with van der Waals surface area (Å²) < 4.78 is 12.2. The van der Waals surface area contributed by atoms with Gasteiger partial charge >= 0.3 is 0 Å². The van der Waals surface area contributed by atoms with Crippen molar-refractivity contribution in [2.45, 2.75) is 6.92 Å². The molecule has 0 bridgehead atoms. The standard InChI is InChI=1S/C25H19BrClNO3/c1-15(10-25(29)28-19-5-3-4-17(26)11-19)20-12-21-22(16-6-8-18(27)9-7-16)14-31-24(21)13-23(20)30-2/h3-14H,1-2H3,(H,28,29)/b15-10+. The first kappa shape index (κ1) is 21.2. The molecular weight excluding hydrogens is 478 g/mol. The van der Waals surface area contributed by atoms with Crippen LogP contribution in [0.1, 0.15) is 12.5 Å². The number of furan rings is 1. The van der Waals surface area contributed by atoms with Crippen molar-refractivity contribution in [2.24, 2.45) is 0 Å². The van der Waals surface area contributed by atoms with Crippen LogP contribution in [0.25, 0.3) is 27.7 Å². The Morgan fingerprint density at radius 3 is 2.61 bits per heavy atom. The number of halogens is 2. The molecule has 0 radical (unpaired) electrons. The molecule has 156 valence electrons. The molecule has 4 aromatic rings. The van der Waals surface area contributed by atoms with Crippen molar-refractivity contribution < 1.29 is 13.9 Å². The summed E-state index contributed by atoms with van der Waals surface area (Å²) in [6.45, 7) is 1.88. The summed E-state index contributed by atoms with van der Waals surface area (Å²) in [5.74, 6) is 0.413. The van der Waals surface area contributed by atoms with Crippen LogP contribution in [-0.2, 0) is 4.79 Å². The number of ether oxygens (including phenoxy) is 1. The second-order valence-corrected chi connectivity index (χ2v) is 8.38. The van der Waals surface area contributed by atoms with Crippen LogP contribution in [0.5, 0.6) is 5.75 Å². The number of amides is 1. The van der Waals surface area contributed by atoms with E-state index in [4.69, 9.17) is 20.8 Å². The normalized spacial score (nSPS) is 11.5. The number of hydrogen-bond donors (Lipinski definition) is 1. The maximum Gasteiger partial charge on any atom is 0.248 e. The zero-order chi connectivity index (χ0) is 22.0. The average molecular weight is 497 g/mol. The summed E-state index contributed by atoms with van der Waals surface area (Å²) in [7, 11) is 1.60. The minimum absolute atomic E-state index is 0.220. The highest BCUT2D eigenvalue weighted by molar-refractivity contribution is 9.10. The molecule has 0 spiro atoms. The number of methoxy groups -OCH3 is 1. The molecule has 0 saturated heterocycles. The first-order valence-corrected chi connectivity index (χ1v) is 10.7. The number of carbonyl (C=O) groups is 1. The summed E-state index contributed by atoms with van der Waals surface area (Å²) in [5, 5.41) is 4.48. The predicted octanol–water partition coefficient (Wildman–Crippen LogP) is 7.57. The molecule has 0 unspecified atom stereocenters. The quantitative estimate of drug-likeness (QED) is 0.290. The van der Waals surface area contributed by atoms with Crippen LogP contribution in [0.4, 0.5) is 5.69 Å². The maximum absolute atomic E-state index is 12.6. The molecule has 1 N–H and O–H groups in total. The van der Waals surface area contributed by atoms with Gasteiger partial charge in [0.1, 0.15) is 11.3 Å². The van der Waals surface area contributed by atoms with Crippen molar-refractivity contribution in [3.8, 4) is 16.9 Å². The highest BCUT2D eigenvalue weighted by atomic mass is 79.9. The molecule has 31 heavy (non-hydrogen) atoms. The summed E-state index contributed by atoms with van der Waals surface area (Å²) in [4.78, 5) is 12.6. The summed E-state index contributed by atoms with van der Waals surface area (Å²) in [5.41, 5.74) is 4.95. The van der Waals surface area contributed by atoms with E-state index in [2.05, 4.69) is 21.2 Å². The van der Waals surface area contributed by atoms with E-state index in [0.29, 0.717) is 22.0 Å². The number of benzene rings is 3. The van der Waals surface area contributed by atoms with Gasteiger partial charge in [-0.15, -0.1) is 0 Å². The Hall–Kier alpha value is -3.02. The lowest BCUT2D eigenvalue weighted by Gasteiger charge is -2.10. The third-order valence-corrected chi connectivity index (χ3v) is 5.66. The topological polar surface area (TPSA) is 51.5 Å². The fourth-order valence-corrected chi connectivity index (χ4v) is 3.93. The zero-order valence-corrected chi connectivity index (χ0v) is 19.3. The molecule has 0 aliphatic carbocycles. The van der Waals surface area contributed by atoms with Crippen molar-refractivity contribution >= 4 is 55.7 Å². The van der Waals surface area contributed by atoms with E-state index in [1.807, 2.05) is 67.6 Å². The van der Waals surface area contributed by atoms with Gasteiger partial charge in [0.15, 0.2) is 0 Å². The van der Waals surface area contributed by atoms with Gasteiger partial charge < -0.3 is 14.5 Å². The summed E-state index contributed by atoms with van der Waals surface area (Å²) >= 11 is 9.43.